The summed E-state index contributed by atoms with van der Waals surface area (Å²) in [5, 5.41) is 11.5. The van der Waals surface area contributed by atoms with E-state index in [0.717, 1.165) is 21.6 Å². The van der Waals surface area contributed by atoms with E-state index in [1.165, 1.54) is 6.07 Å². The van der Waals surface area contributed by atoms with Gasteiger partial charge in [0, 0.05) is 6.07 Å². The SMILES string of the molecule is O=[N+]([O-])c1ccccc1SSc1c(Cl)c(Cl)c(Cl)c(Cl)c1Cl. The Morgan fingerprint density at radius 2 is 1.32 bits per heavy atom. The molecule has 22 heavy (non-hydrogen) atoms. The molecule has 2 aromatic rings. The molecule has 0 amide bonds. The van der Waals surface area contributed by atoms with Gasteiger partial charge in [-0.05, 0) is 27.7 Å². The van der Waals surface area contributed by atoms with Crippen molar-refractivity contribution in [3.8, 4) is 0 Å². The topological polar surface area (TPSA) is 43.1 Å². The van der Waals surface area contributed by atoms with Crippen molar-refractivity contribution in [2.24, 2.45) is 0 Å². The van der Waals surface area contributed by atoms with Crippen LogP contribution in [-0.4, -0.2) is 4.92 Å². The maximum absolute atomic E-state index is 11.0. The Balaban J connectivity index is 2.36. The lowest BCUT2D eigenvalue weighted by molar-refractivity contribution is -0.387. The molecule has 0 saturated heterocycles. The predicted molar refractivity (Wildman–Crippen MR) is 96.3 cm³/mol. The summed E-state index contributed by atoms with van der Waals surface area (Å²) in [6.45, 7) is 0. The minimum absolute atomic E-state index is 0.0154. The van der Waals surface area contributed by atoms with Crippen molar-refractivity contribution in [1.82, 2.24) is 0 Å². The molecule has 0 aromatic heterocycles. The second-order valence-electron chi connectivity index (χ2n) is 3.79. The molecule has 0 fully saturated rings. The van der Waals surface area contributed by atoms with Crippen molar-refractivity contribution in [3.63, 3.8) is 0 Å². The van der Waals surface area contributed by atoms with E-state index in [2.05, 4.69) is 0 Å². The molecule has 0 radical (unpaired) electrons. The molecule has 0 bridgehead atoms. The zero-order valence-corrected chi connectivity index (χ0v) is 15.7. The normalized spacial score (nSPS) is 10.8. The van der Waals surface area contributed by atoms with Crippen LogP contribution in [0, 0.1) is 10.1 Å². The summed E-state index contributed by atoms with van der Waals surface area (Å²) in [7, 11) is 2.24. The molecule has 0 aliphatic rings. The molecule has 10 heteroatoms. The van der Waals surface area contributed by atoms with E-state index in [4.69, 9.17) is 58.0 Å². The van der Waals surface area contributed by atoms with Gasteiger partial charge in [-0.25, -0.2) is 0 Å². The Morgan fingerprint density at radius 1 is 0.818 bits per heavy atom. The van der Waals surface area contributed by atoms with Gasteiger partial charge in [-0.2, -0.15) is 0 Å². The Bertz CT molecular complexity index is 728. The number of benzene rings is 2. The summed E-state index contributed by atoms with van der Waals surface area (Å²) in [4.78, 5) is 11.4. The van der Waals surface area contributed by atoms with Gasteiger partial charge in [0.1, 0.15) is 0 Å². The number of nitro benzene ring substituents is 1. The van der Waals surface area contributed by atoms with E-state index in [1.807, 2.05) is 0 Å². The Hall–Kier alpha value is -0.01000. The molecule has 0 aliphatic heterocycles. The number of nitro groups is 1. The first-order valence-electron chi connectivity index (χ1n) is 5.44. The molecule has 2 aromatic carbocycles. The third-order valence-corrected chi connectivity index (χ3v) is 7.42. The van der Waals surface area contributed by atoms with Crippen molar-refractivity contribution >= 4 is 85.3 Å². The molecule has 0 N–H and O–H groups in total. The highest BCUT2D eigenvalue weighted by molar-refractivity contribution is 8.76. The van der Waals surface area contributed by atoms with Crippen LogP contribution in [0.5, 0.6) is 0 Å². The fourth-order valence-corrected chi connectivity index (χ4v) is 5.51. The van der Waals surface area contributed by atoms with Gasteiger partial charge in [0.05, 0.1) is 39.8 Å². The molecule has 0 heterocycles. The van der Waals surface area contributed by atoms with E-state index in [1.54, 1.807) is 18.2 Å². The van der Waals surface area contributed by atoms with Crippen molar-refractivity contribution in [3.05, 3.63) is 59.5 Å². The minimum atomic E-state index is -0.464. The van der Waals surface area contributed by atoms with Gasteiger partial charge in [0.25, 0.3) is 5.69 Å². The van der Waals surface area contributed by atoms with Crippen molar-refractivity contribution in [2.75, 3.05) is 0 Å². The number of rotatable bonds is 4. The summed E-state index contributed by atoms with van der Waals surface area (Å²) in [5.41, 5.74) is -0.0154. The predicted octanol–water partition coefficient (Wildman–Crippen LogP) is 7.66. The number of hydrogen-bond donors (Lipinski definition) is 0. The van der Waals surface area contributed by atoms with Crippen LogP contribution in [0.2, 0.25) is 25.1 Å². The van der Waals surface area contributed by atoms with Crippen molar-refractivity contribution < 1.29 is 4.92 Å². The first-order valence-corrected chi connectivity index (χ1v) is 9.48. The third kappa shape index (κ3) is 3.73. The van der Waals surface area contributed by atoms with Gasteiger partial charge < -0.3 is 0 Å². The molecule has 0 atom stereocenters. The lowest BCUT2D eigenvalue weighted by Crippen LogP contribution is -1.89. The number of hydrogen-bond acceptors (Lipinski definition) is 4. The highest BCUT2D eigenvalue weighted by atomic mass is 35.5. The Morgan fingerprint density at radius 3 is 1.86 bits per heavy atom. The fraction of sp³-hybridized carbons (Fsp3) is 0. The van der Waals surface area contributed by atoms with Crippen molar-refractivity contribution in [2.45, 2.75) is 9.79 Å². The molecule has 0 spiro atoms. The minimum Gasteiger partial charge on any atom is -0.258 e. The summed E-state index contributed by atoms with van der Waals surface area (Å²) in [6.07, 6.45) is 0. The molecule has 0 aliphatic carbocycles. The van der Waals surface area contributed by atoms with E-state index in [9.17, 15) is 10.1 Å². The van der Waals surface area contributed by atoms with Gasteiger partial charge in [-0.15, -0.1) is 0 Å². The quantitative estimate of drug-likeness (QED) is 0.163. The lowest BCUT2D eigenvalue weighted by atomic mass is 10.3. The monoisotopic (exact) mass is 433 g/mol. The van der Waals surface area contributed by atoms with Crippen LogP contribution in [-0.2, 0) is 0 Å². The maximum Gasteiger partial charge on any atom is 0.283 e. The van der Waals surface area contributed by atoms with Gasteiger partial charge in [0.2, 0.25) is 0 Å². The molecule has 3 nitrogen and oxygen atoms in total. The lowest BCUT2D eigenvalue weighted by Gasteiger charge is -2.11. The molecular formula is C12H4Cl5NO2S2. The van der Waals surface area contributed by atoms with Crippen LogP contribution >= 0.6 is 79.6 Å². The average Bonchev–Trinajstić information content (AvgIpc) is 2.51. The van der Waals surface area contributed by atoms with E-state index in [-0.39, 0.29) is 30.8 Å². The summed E-state index contributed by atoms with van der Waals surface area (Å²) >= 11 is 30.1. The molecular weight excluding hydrogens is 432 g/mol. The van der Waals surface area contributed by atoms with Crippen molar-refractivity contribution in [1.29, 1.82) is 0 Å². The molecule has 0 saturated carbocycles. The second kappa shape index (κ2) is 7.71. The van der Waals surface area contributed by atoms with Crippen LogP contribution in [0.4, 0.5) is 5.69 Å². The number of nitrogens with zero attached hydrogens (tertiary/aromatic N) is 1. The van der Waals surface area contributed by atoms with Gasteiger partial charge in [0.15, 0.2) is 0 Å². The van der Waals surface area contributed by atoms with Gasteiger partial charge in [-0.3, -0.25) is 10.1 Å². The van der Waals surface area contributed by atoms with E-state index in [0.29, 0.717) is 9.79 Å². The Kier molecular flexibility index (Phi) is 6.42. The fourth-order valence-electron chi connectivity index (χ4n) is 1.42. The van der Waals surface area contributed by atoms with Crippen LogP contribution in [0.1, 0.15) is 0 Å². The standard InChI is InChI=1S/C12H4Cl5NO2S2/c13-7-8(14)10(16)12(11(17)9(7)15)22-21-6-4-2-1-3-5(6)18(19)20/h1-4H. The zero-order valence-electron chi connectivity index (χ0n) is 10.3. The summed E-state index contributed by atoms with van der Waals surface area (Å²) < 4.78 is 0. The van der Waals surface area contributed by atoms with E-state index >= 15 is 0 Å². The molecule has 0 unspecified atom stereocenters. The van der Waals surface area contributed by atoms with Gasteiger partial charge >= 0.3 is 0 Å². The zero-order chi connectivity index (χ0) is 16.4. The maximum atomic E-state index is 11.0. The first-order chi connectivity index (χ1) is 10.3. The molecule has 2 rings (SSSR count). The van der Waals surface area contributed by atoms with Crippen LogP contribution in [0.3, 0.4) is 0 Å². The largest absolute Gasteiger partial charge is 0.283 e. The van der Waals surface area contributed by atoms with Gasteiger partial charge in [-0.1, -0.05) is 70.1 Å². The first kappa shape index (κ1) is 18.3. The molecule has 116 valence electrons. The number of halogens is 5. The summed E-state index contributed by atoms with van der Waals surface area (Å²) in [6, 6.07) is 6.31. The second-order valence-corrected chi connectivity index (χ2v) is 7.86. The Labute approximate surface area is 158 Å². The highest BCUT2D eigenvalue weighted by Crippen LogP contribution is 2.52. The third-order valence-electron chi connectivity index (χ3n) is 2.45. The van der Waals surface area contributed by atoms with Crippen LogP contribution in [0.15, 0.2) is 34.1 Å². The number of para-hydroxylation sites is 1. The van der Waals surface area contributed by atoms with E-state index < -0.39 is 4.92 Å². The average molecular weight is 436 g/mol. The summed E-state index contributed by atoms with van der Waals surface area (Å²) in [5.74, 6) is 0. The smallest absolute Gasteiger partial charge is 0.258 e. The van der Waals surface area contributed by atoms with Crippen LogP contribution in [0.25, 0.3) is 0 Å². The highest BCUT2D eigenvalue weighted by Gasteiger charge is 2.21. The van der Waals surface area contributed by atoms with Crippen LogP contribution < -0.4 is 0 Å².